The highest BCUT2D eigenvalue weighted by molar-refractivity contribution is 7.89. The van der Waals surface area contributed by atoms with E-state index in [0.29, 0.717) is 59.7 Å². The van der Waals surface area contributed by atoms with Crippen LogP contribution in [0.5, 0.6) is 23.0 Å². The van der Waals surface area contributed by atoms with Crippen molar-refractivity contribution >= 4 is 38.5 Å². The molecule has 1 saturated heterocycles. The van der Waals surface area contributed by atoms with Crippen molar-refractivity contribution in [3.63, 3.8) is 0 Å². The summed E-state index contributed by atoms with van der Waals surface area (Å²) in [5.41, 5.74) is 2.19. The van der Waals surface area contributed by atoms with E-state index in [2.05, 4.69) is 32.7 Å². The van der Waals surface area contributed by atoms with Gasteiger partial charge in [-0.2, -0.15) is 13.2 Å². The fraction of sp³-hybridized carbons (Fsp3) is 0.346. The van der Waals surface area contributed by atoms with Gasteiger partial charge in [0.2, 0.25) is 10.0 Å². The van der Waals surface area contributed by atoms with Crippen LogP contribution >= 0.6 is 0 Å². The average molecular weight is 1030 g/mol. The second-order valence-corrected chi connectivity index (χ2v) is 19.7. The molecular formula is C52H53F3N6O11S. The van der Waals surface area contributed by atoms with Crippen LogP contribution in [-0.2, 0) is 41.1 Å². The average Bonchev–Trinajstić information content (AvgIpc) is 3.85. The Bertz CT molecular complexity index is 3120. The molecule has 21 heteroatoms. The van der Waals surface area contributed by atoms with Crippen LogP contribution < -0.4 is 25.8 Å². The molecule has 1 spiro atoms. The number of carbonyl (C=O) groups is 2. The SMILES string of the molecule is COC1=CC(S(N)(=O)=O)CC=C1NCC#Cc1cc2c(NC3CCN(CCOCCOCCNC(=O)c4ccc5c(c4)C4(OC5=O)c5ccc(O)cc5Oc5cc(O)ccc54)CC3)cccc2n1CC(F)(F)F. The van der Waals surface area contributed by atoms with Gasteiger partial charge in [-0.15, -0.1) is 0 Å². The first-order chi connectivity index (χ1) is 35.0. The normalized spacial score (nSPS) is 17.3. The molecule has 5 aromatic rings. The second kappa shape index (κ2) is 21.1. The number of amides is 1. The minimum Gasteiger partial charge on any atom is -0.508 e. The highest BCUT2D eigenvalue weighted by Gasteiger charge is 2.54. The lowest BCUT2D eigenvalue weighted by atomic mass is 9.77. The first kappa shape index (κ1) is 50.7. The third-order valence-electron chi connectivity index (χ3n) is 13.1. The zero-order valence-corrected chi connectivity index (χ0v) is 40.4. The molecule has 1 unspecified atom stereocenters. The van der Waals surface area contributed by atoms with Crippen LogP contribution in [0.15, 0.2) is 102 Å². The van der Waals surface area contributed by atoms with Crippen LogP contribution in [0.4, 0.5) is 18.9 Å². The molecule has 3 aliphatic heterocycles. The van der Waals surface area contributed by atoms with E-state index in [4.69, 9.17) is 28.8 Å². The predicted molar refractivity (Wildman–Crippen MR) is 263 cm³/mol. The predicted octanol–water partition coefficient (Wildman–Crippen LogP) is 5.94. The number of phenols is 2. The van der Waals surface area contributed by atoms with Crippen molar-refractivity contribution in [2.24, 2.45) is 5.14 Å². The summed E-state index contributed by atoms with van der Waals surface area (Å²) in [6, 6.07) is 20.6. The number of ether oxygens (including phenoxy) is 5. The number of rotatable bonds is 17. The zero-order valence-electron chi connectivity index (χ0n) is 39.6. The van der Waals surface area contributed by atoms with E-state index in [9.17, 15) is 41.4 Å². The minimum atomic E-state index is -4.49. The van der Waals surface area contributed by atoms with Crippen LogP contribution in [0, 0.1) is 11.8 Å². The van der Waals surface area contributed by atoms with E-state index in [1.54, 1.807) is 54.6 Å². The number of esters is 1. The third kappa shape index (κ3) is 11.1. The summed E-state index contributed by atoms with van der Waals surface area (Å²) in [6.45, 7) is 2.73. The molecule has 1 aromatic heterocycles. The van der Waals surface area contributed by atoms with E-state index in [1.165, 1.54) is 42.0 Å². The Morgan fingerprint density at radius 1 is 0.932 bits per heavy atom. The van der Waals surface area contributed by atoms with Crippen LogP contribution in [0.25, 0.3) is 10.9 Å². The molecule has 384 valence electrons. The van der Waals surface area contributed by atoms with Crippen molar-refractivity contribution in [1.29, 1.82) is 0 Å². The van der Waals surface area contributed by atoms with E-state index in [-0.39, 0.29) is 77.7 Å². The largest absolute Gasteiger partial charge is 0.508 e. The number of alkyl halides is 3. The molecule has 1 amide bonds. The van der Waals surface area contributed by atoms with E-state index in [1.807, 2.05) is 6.07 Å². The van der Waals surface area contributed by atoms with Crippen LogP contribution in [0.3, 0.4) is 0 Å². The smallest absolute Gasteiger partial charge is 0.406 e. The molecule has 73 heavy (non-hydrogen) atoms. The van der Waals surface area contributed by atoms with Gasteiger partial charge >= 0.3 is 12.1 Å². The van der Waals surface area contributed by atoms with Gasteiger partial charge in [0, 0.05) is 77.7 Å². The number of piperidine rings is 1. The van der Waals surface area contributed by atoms with Gasteiger partial charge in [-0.3, -0.25) is 4.79 Å². The lowest BCUT2D eigenvalue weighted by Gasteiger charge is -2.36. The maximum atomic E-state index is 13.9. The number of aromatic nitrogens is 1. The number of nitrogens with two attached hydrogens (primary N) is 1. The van der Waals surface area contributed by atoms with Crippen molar-refractivity contribution in [2.75, 3.05) is 71.6 Å². The second-order valence-electron chi connectivity index (χ2n) is 17.9. The third-order valence-corrected chi connectivity index (χ3v) is 14.3. The number of nitrogens with one attached hydrogen (secondary N) is 3. The summed E-state index contributed by atoms with van der Waals surface area (Å²) >= 11 is 0. The highest BCUT2D eigenvalue weighted by Crippen LogP contribution is 2.57. The maximum absolute atomic E-state index is 13.9. The van der Waals surface area contributed by atoms with Gasteiger partial charge in [-0.05, 0) is 91.9 Å². The van der Waals surface area contributed by atoms with Gasteiger partial charge < -0.3 is 59.3 Å². The van der Waals surface area contributed by atoms with E-state index >= 15 is 0 Å². The molecule has 4 aromatic carbocycles. The number of methoxy groups -OCH3 is 1. The van der Waals surface area contributed by atoms with E-state index < -0.39 is 45.5 Å². The fourth-order valence-corrected chi connectivity index (χ4v) is 10.3. The molecule has 9 rings (SSSR count). The van der Waals surface area contributed by atoms with Gasteiger partial charge in [0.15, 0.2) is 5.60 Å². The molecule has 0 radical (unpaired) electrons. The highest BCUT2D eigenvalue weighted by atomic mass is 32.2. The molecule has 0 bridgehead atoms. The summed E-state index contributed by atoms with van der Waals surface area (Å²) in [6.07, 6.45) is 0.300. The monoisotopic (exact) mass is 1030 g/mol. The van der Waals surface area contributed by atoms with Crippen LogP contribution in [0.2, 0.25) is 0 Å². The summed E-state index contributed by atoms with van der Waals surface area (Å²) in [7, 11) is -2.43. The minimum absolute atomic E-state index is 0.0572. The number of benzene rings is 4. The summed E-state index contributed by atoms with van der Waals surface area (Å²) in [5.74, 6) is 5.41. The number of fused-ring (bicyclic) bond motifs is 7. The lowest BCUT2D eigenvalue weighted by Crippen LogP contribution is -2.40. The Morgan fingerprint density at radius 3 is 2.33 bits per heavy atom. The number of sulfonamides is 1. The van der Waals surface area contributed by atoms with Crippen LogP contribution in [0.1, 0.15) is 62.4 Å². The van der Waals surface area contributed by atoms with Crippen LogP contribution in [-0.4, -0.2) is 124 Å². The number of allylic oxidation sites excluding steroid dienone is 1. The number of anilines is 1. The summed E-state index contributed by atoms with van der Waals surface area (Å²) < 4.78 is 95.3. The number of carbonyl (C=O) groups excluding carboxylic acids is 2. The van der Waals surface area contributed by atoms with Gasteiger partial charge in [0.25, 0.3) is 5.91 Å². The van der Waals surface area contributed by atoms with Crippen molar-refractivity contribution < 1.29 is 65.1 Å². The van der Waals surface area contributed by atoms with Gasteiger partial charge in [0.1, 0.15) is 40.6 Å². The Kier molecular flexibility index (Phi) is 14.7. The summed E-state index contributed by atoms with van der Waals surface area (Å²) in [4.78, 5) is 28.9. The van der Waals surface area contributed by atoms with Crippen molar-refractivity contribution in [2.45, 2.75) is 48.9 Å². The Balaban J connectivity index is 0.710. The molecule has 0 saturated carbocycles. The Morgan fingerprint density at radius 2 is 1.64 bits per heavy atom. The molecule has 1 fully saturated rings. The van der Waals surface area contributed by atoms with Gasteiger partial charge in [0.05, 0.1) is 62.6 Å². The molecule has 4 aliphatic rings. The molecule has 1 aliphatic carbocycles. The molecule has 4 heterocycles. The summed E-state index contributed by atoms with van der Waals surface area (Å²) in [5, 5.41) is 34.9. The van der Waals surface area contributed by atoms with Gasteiger partial charge in [-0.25, -0.2) is 18.4 Å². The maximum Gasteiger partial charge on any atom is 0.406 e. The standard InChI is InChI=1S/C52H53F3N6O11S/c1-68-48-30-37(73(56,66)67)10-14-44(48)57-17-3-4-34-27-39-43(5-2-6-45(39)61(34)31-51(53,54)55)59-33-15-19-60(20-16-33)21-23-70-25-24-69-22-18-58-49(64)32-7-11-38-42(26-32)52(72-50(38)65)40-12-8-35(62)28-46(40)71-47-29-36(63)9-13-41(47)52/h2,5-9,11-14,26-30,33,37,57,59,62-63H,10,15-25,31H2,1H3,(H,58,64)(H2,56,66,67). The first-order valence-electron chi connectivity index (χ1n) is 23.6. The topological polar surface area (TPSA) is 225 Å². The number of hydrogen-bond acceptors (Lipinski definition) is 14. The van der Waals surface area contributed by atoms with Crippen molar-refractivity contribution in [1.82, 2.24) is 20.1 Å². The lowest BCUT2D eigenvalue weighted by molar-refractivity contribution is -0.140. The number of primary sulfonamides is 1. The molecule has 17 nitrogen and oxygen atoms in total. The Hall–Kier alpha value is -7.22. The quantitative estimate of drug-likeness (QED) is 0.0361. The fourth-order valence-electron chi connectivity index (χ4n) is 9.58. The molecule has 1 atom stereocenters. The number of phenolic OH excluding ortho intramolecular Hbond substituents is 2. The zero-order chi connectivity index (χ0) is 51.5. The van der Waals surface area contributed by atoms with Crippen molar-refractivity contribution in [3.05, 3.63) is 136 Å². The van der Waals surface area contributed by atoms with Crippen molar-refractivity contribution in [3.8, 4) is 34.8 Å². The number of aromatic hydroxyl groups is 2. The molecular weight excluding hydrogens is 974 g/mol. The van der Waals surface area contributed by atoms with Gasteiger partial charge in [-0.1, -0.05) is 18.1 Å². The van der Waals surface area contributed by atoms with E-state index in [0.717, 1.165) is 31.6 Å². The number of likely N-dealkylation sites (tertiary alicyclic amines) is 1. The number of hydrogen-bond donors (Lipinski definition) is 6. The first-order valence-corrected chi connectivity index (χ1v) is 25.2. The number of halogens is 3. The molecule has 7 N–H and O–H groups in total. The Labute approximate surface area is 418 Å². The number of nitrogens with zero attached hydrogens (tertiary/aromatic N) is 2.